The number of carbonyl (C=O) groups is 2. The summed E-state index contributed by atoms with van der Waals surface area (Å²) in [7, 11) is -3.73. The van der Waals surface area contributed by atoms with E-state index in [4.69, 9.17) is 0 Å². The number of carbonyl (C=O) groups excluding carboxylic acids is 2. The summed E-state index contributed by atoms with van der Waals surface area (Å²) >= 11 is 2.13. The third-order valence-corrected chi connectivity index (χ3v) is 6.94. The molecule has 0 saturated heterocycles. The monoisotopic (exact) mass is 585 g/mol. The second-order valence-corrected chi connectivity index (χ2v) is 11.5. The summed E-state index contributed by atoms with van der Waals surface area (Å²) in [6.45, 7) is 7.35. The van der Waals surface area contributed by atoms with Gasteiger partial charge in [0, 0.05) is 16.2 Å². The molecule has 1 N–H and O–H groups in total. The number of benzene rings is 2. The number of nitrogens with one attached hydrogen (secondary N) is 1. The molecule has 0 aromatic heterocycles. The van der Waals surface area contributed by atoms with Gasteiger partial charge >= 0.3 is 0 Å². The third kappa shape index (κ3) is 7.99. The average molecular weight is 586 g/mol. The number of nitrogens with zero attached hydrogens (tertiary/aromatic N) is 2. The fourth-order valence-corrected chi connectivity index (χ4v) is 4.62. The minimum Gasteiger partial charge on any atom is -0.352 e. The molecular formula is C24H32IN3O4S. The van der Waals surface area contributed by atoms with Crippen LogP contribution >= 0.6 is 22.6 Å². The van der Waals surface area contributed by atoms with E-state index in [0.29, 0.717) is 12.1 Å². The molecule has 180 valence electrons. The normalized spacial score (nSPS) is 12.3. The van der Waals surface area contributed by atoms with Crippen LogP contribution < -0.4 is 9.62 Å². The molecule has 0 aliphatic heterocycles. The fourth-order valence-electron chi connectivity index (χ4n) is 3.41. The fraction of sp³-hybridized carbons (Fsp3) is 0.417. The number of hydrogen-bond acceptors (Lipinski definition) is 4. The molecule has 0 spiro atoms. The highest BCUT2D eigenvalue weighted by atomic mass is 127. The van der Waals surface area contributed by atoms with Gasteiger partial charge in [-0.2, -0.15) is 0 Å². The van der Waals surface area contributed by atoms with Crippen molar-refractivity contribution in [3.8, 4) is 0 Å². The molecule has 7 nitrogen and oxygen atoms in total. The first-order chi connectivity index (χ1) is 15.4. The van der Waals surface area contributed by atoms with E-state index in [0.717, 1.165) is 25.3 Å². The van der Waals surface area contributed by atoms with Crippen molar-refractivity contribution in [3.05, 3.63) is 63.2 Å². The van der Waals surface area contributed by atoms with Crippen molar-refractivity contribution >= 4 is 50.1 Å². The summed E-state index contributed by atoms with van der Waals surface area (Å²) in [5.74, 6) is -0.696. The van der Waals surface area contributed by atoms with Crippen LogP contribution in [0.2, 0.25) is 0 Å². The number of hydrogen-bond donors (Lipinski definition) is 1. The molecule has 2 aromatic rings. The van der Waals surface area contributed by atoms with Gasteiger partial charge in [0.05, 0.1) is 11.9 Å². The largest absolute Gasteiger partial charge is 0.352 e. The van der Waals surface area contributed by atoms with E-state index >= 15 is 0 Å². The van der Waals surface area contributed by atoms with Gasteiger partial charge in [-0.3, -0.25) is 13.9 Å². The van der Waals surface area contributed by atoms with Gasteiger partial charge in [-0.1, -0.05) is 36.8 Å². The van der Waals surface area contributed by atoms with Crippen LogP contribution in [0, 0.1) is 10.5 Å². The lowest BCUT2D eigenvalue weighted by atomic mass is 10.1. The van der Waals surface area contributed by atoms with Gasteiger partial charge in [0.25, 0.3) is 0 Å². The van der Waals surface area contributed by atoms with Crippen LogP contribution in [-0.4, -0.2) is 50.0 Å². The Morgan fingerprint density at radius 2 is 1.61 bits per heavy atom. The van der Waals surface area contributed by atoms with Crippen molar-refractivity contribution < 1.29 is 18.0 Å². The first-order valence-electron chi connectivity index (χ1n) is 10.8. The predicted molar refractivity (Wildman–Crippen MR) is 140 cm³/mol. The number of amides is 2. The molecule has 2 amide bonds. The van der Waals surface area contributed by atoms with Gasteiger partial charge in [-0.05, 0) is 79.6 Å². The zero-order chi connectivity index (χ0) is 24.8. The minimum atomic E-state index is -3.73. The van der Waals surface area contributed by atoms with Gasteiger partial charge < -0.3 is 10.2 Å². The number of halogens is 1. The molecule has 2 aromatic carbocycles. The summed E-state index contributed by atoms with van der Waals surface area (Å²) in [5, 5.41) is 2.88. The van der Waals surface area contributed by atoms with E-state index in [2.05, 4.69) is 27.9 Å². The number of rotatable bonds is 10. The van der Waals surface area contributed by atoms with Crippen LogP contribution in [0.1, 0.15) is 38.3 Å². The molecule has 0 heterocycles. The van der Waals surface area contributed by atoms with Crippen molar-refractivity contribution in [3.63, 3.8) is 0 Å². The Morgan fingerprint density at radius 3 is 2.09 bits per heavy atom. The number of sulfonamides is 1. The molecule has 33 heavy (non-hydrogen) atoms. The zero-order valence-corrected chi connectivity index (χ0v) is 22.7. The lowest BCUT2D eigenvalue weighted by Crippen LogP contribution is -2.53. The van der Waals surface area contributed by atoms with E-state index in [1.54, 1.807) is 24.3 Å². The third-order valence-electron chi connectivity index (χ3n) is 5.08. The topological polar surface area (TPSA) is 86.8 Å². The summed E-state index contributed by atoms with van der Waals surface area (Å²) in [6, 6.07) is 13.8. The van der Waals surface area contributed by atoms with Crippen molar-refractivity contribution in [2.75, 3.05) is 17.1 Å². The Hall–Kier alpha value is -2.14. The second kappa shape index (κ2) is 11.8. The van der Waals surface area contributed by atoms with E-state index < -0.39 is 28.5 Å². The summed E-state index contributed by atoms with van der Waals surface area (Å²) < 4.78 is 27.2. The first-order valence-corrected chi connectivity index (χ1v) is 13.7. The van der Waals surface area contributed by atoms with Crippen LogP contribution in [0.25, 0.3) is 0 Å². The van der Waals surface area contributed by atoms with Crippen LogP contribution in [0.15, 0.2) is 48.5 Å². The summed E-state index contributed by atoms with van der Waals surface area (Å²) in [5.41, 5.74) is 2.36. The number of anilines is 1. The summed E-state index contributed by atoms with van der Waals surface area (Å²) in [6.07, 6.45) is 1.48. The zero-order valence-electron chi connectivity index (χ0n) is 19.7. The quantitative estimate of drug-likeness (QED) is 0.431. The molecule has 1 unspecified atom stereocenters. The average Bonchev–Trinajstić information content (AvgIpc) is 2.72. The Balaban J connectivity index is 2.42. The second-order valence-electron chi connectivity index (χ2n) is 8.34. The SMILES string of the molecule is CCC(C(=O)NC(C)C)N(Cc1ccc(C)cc1)C(=O)CN(c1ccc(I)cc1)S(C)(=O)=O. The molecule has 0 fully saturated rings. The smallest absolute Gasteiger partial charge is 0.244 e. The van der Waals surface area contributed by atoms with Crippen LogP contribution in [0.3, 0.4) is 0 Å². The highest BCUT2D eigenvalue weighted by molar-refractivity contribution is 14.1. The maximum atomic E-state index is 13.5. The number of aryl methyl sites for hydroxylation is 1. The Morgan fingerprint density at radius 1 is 1.03 bits per heavy atom. The lowest BCUT2D eigenvalue weighted by Gasteiger charge is -2.33. The molecule has 9 heteroatoms. The molecule has 0 aliphatic rings. The lowest BCUT2D eigenvalue weighted by molar-refractivity contribution is -0.140. The van der Waals surface area contributed by atoms with Gasteiger partial charge in [0.15, 0.2) is 0 Å². The van der Waals surface area contributed by atoms with Gasteiger partial charge in [0.1, 0.15) is 12.6 Å². The molecule has 0 saturated carbocycles. The Bertz CT molecular complexity index is 1050. The highest BCUT2D eigenvalue weighted by Gasteiger charge is 2.31. The summed E-state index contributed by atoms with van der Waals surface area (Å²) in [4.78, 5) is 27.9. The van der Waals surface area contributed by atoms with Crippen LogP contribution in [-0.2, 0) is 26.2 Å². The van der Waals surface area contributed by atoms with E-state index in [9.17, 15) is 18.0 Å². The van der Waals surface area contributed by atoms with Crippen LogP contribution in [0.5, 0.6) is 0 Å². The molecule has 0 bridgehead atoms. The van der Waals surface area contributed by atoms with Crippen molar-refractivity contribution in [1.82, 2.24) is 10.2 Å². The van der Waals surface area contributed by atoms with E-state index in [1.807, 2.05) is 52.0 Å². The minimum absolute atomic E-state index is 0.0813. The van der Waals surface area contributed by atoms with Gasteiger partial charge in [0.2, 0.25) is 21.8 Å². The maximum Gasteiger partial charge on any atom is 0.244 e. The standard InChI is InChI=1S/C24H32IN3O4S/c1-6-22(24(30)26-17(2)3)27(15-19-9-7-18(4)8-10-19)23(29)16-28(33(5,31)32)21-13-11-20(25)12-14-21/h7-14,17,22H,6,15-16H2,1-5H3,(H,26,30). The van der Waals surface area contributed by atoms with Crippen molar-refractivity contribution in [1.29, 1.82) is 0 Å². The molecule has 0 radical (unpaired) electrons. The highest BCUT2D eigenvalue weighted by Crippen LogP contribution is 2.21. The maximum absolute atomic E-state index is 13.5. The van der Waals surface area contributed by atoms with Crippen LogP contribution in [0.4, 0.5) is 5.69 Å². The van der Waals surface area contributed by atoms with Gasteiger partial charge in [-0.15, -0.1) is 0 Å². The Kier molecular flexibility index (Phi) is 9.71. The molecular weight excluding hydrogens is 553 g/mol. The predicted octanol–water partition coefficient (Wildman–Crippen LogP) is 3.70. The molecule has 2 rings (SSSR count). The van der Waals surface area contributed by atoms with E-state index in [-0.39, 0.29) is 18.5 Å². The van der Waals surface area contributed by atoms with Crippen molar-refractivity contribution in [2.45, 2.75) is 52.7 Å². The van der Waals surface area contributed by atoms with Crippen molar-refractivity contribution in [2.24, 2.45) is 0 Å². The molecule has 0 aliphatic carbocycles. The first kappa shape index (κ1) is 27.1. The Labute approximate surface area is 210 Å². The van der Waals surface area contributed by atoms with E-state index in [1.165, 1.54) is 4.90 Å². The molecule has 1 atom stereocenters. The van der Waals surface area contributed by atoms with Gasteiger partial charge in [-0.25, -0.2) is 8.42 Å².